The van der Waals surface area contributed by atoms with E-state index >= 15 is 0 Å². The smallest absolute Gasteiger partial charge is 0.254 e. The second kappa shape index (κ2) is 5.92. The average Bonchev–Trinajstić information content (AvgIpc) is 2.90. The number of aromatic nitrogens is 1. The molecule has 24 heavy (non-hydrogen) atoms. The molecule has 3 atom stereocenters. The standard InChI is InChI=1S/C20H26N2O2/c1-12-4-6-18-16(8-12)17-9-15(5-7-19(17)21-18)20(23)22-10-13(2)24-14(3)11-22/h5,7,9,12-14,21H,4,6,8,10-11H2,1-3H3. The van der Waals surface area contributed by atoms with Crippen molar-refractivity contribution in [3.05, 3.63) is 35.0 Å². The minimum absolute atomic E-state index is 0.0994. The Balaban J connectivity index is 1.67. The number of carbonyl (C=O) groups is 1. The van der Waals surface area contributed by atoms with Crippen molar-refractivity contribution in [2.75, 3.05) is 13.1 Å². The highest BCUT2D eigenvalue weighted by Gasteiger charge is 2.27. The maximum absolute atomic E-state index is 12.9. The van der Waals surface area contributed by atoms with E-state index in [0.717, 1.165) is 29.8 Å². The average molecular weight is 326 g/mol. The van der Waals surface area contributed by atoms with Crippen LogP contribution in [0.4, 0.5) is 0 Å². The molecule has 0 radical (unpaired) electrons. The summed E-state index contributed by atoms with van der Waals surface area (Å²) in [5.41, 5.74) is 4.74. The lowest BCUT2D eigenvalue weighted by atomic mass is 9.87. The van der Waals surface area contributed by atoms with Gasteiger partial charge in [-0.05, 0) is 62.8 Å². The first kappa shape index (κ1) is 15.7. The lowest BCUT2D eigenvalue weighted by Crippen LogP contribution is -2.48. The van der Waals surface area contributed by atoms with Gasteiger partial charge in [-0.3, -0.25) is 4.79 Å². The van der Waals surface area contributed by atoms with Gasteiger partial charge in [0.2, 0.25) is 0 Å². The fourth-order valence-corrected chi connectivity index (χ4v) is 4.25. The first-order chi connectivity index (χ1) is 11.5. The second-order valence-corrected chi connectivity index (χ2v) is 7.66. The van der Waals surface area contributed by atoms with Crippen LogP contribution in [0.1, 0.15) is 48.8 Å². The summed E-state index contributed by atoms with van der Waals surface area (Å²) < 4.78 is 5.75. The Morgan fingerprint density at radius 2 is 1.96 bits per heavy atom. The molecule has 1 aliphatic carbocycles. The number of ether oxygens (including phenoxy) is 1. The molecule has 2 aliphatic rings. The van der Waals surface area contributed by atoms with E-state index in [-0.39, 0.29) is 18.1 Å². The lowest BCUT2D eigenvalue weighted by molar-refractivity contribution is -0.0586. The zero-order valence-corrected chi connectivity index (χ0v) is 14.8. The van der Waals surface area contributed by atoms with Gasteiger partial charge < -0.3 is 14.6 Å². The summed E-state index contributed by atoms with van der Waals surface area (Å²) in [7, 11) is 0. The van der Waals surface area contributed by atoms with E-state index in [1.54, 1.807) is 0 Å². The number of hydrogen-bond donors (Lipinski definition) is 1. The summed E-state index contributed by atoms with van der Waals surface area (Å²) in [5.74, 6) is 0.842. The van der Waals surface area contributed by atoms with Gasteiger partial charge in [0.25, 0.3) is 5.91 Å². The zero-order chi connectivity index (χ0) is 16.8. The van der Waals surface area contributed by atoms with E-state index in [0.29, 0.717) is 13.1 Å². The monoisotopic (exact) mass is 326 g/mol. The minimum atomic E-state index is 0.0994. The van der Waals surface area contributed by atoms with Crippen LogP contribution in [0.3, 0.4) is 0 Å². The fourth-order valence-electron chi connectivity index (χ4n) is 4.25. The van der Waals surface area contributed by atoms with Crippen molar-refractivity contribution in [2.45, 2.75) is 52.2 Å². The molecule has 2 aromatic rings. The van der Waals surface area contributed by atoms with E-state index in [1.165, 1.54) is 23.1 Å². The van der Waals surface area contributed by atoms with Gasteiger partial charge in [-0.25, -0.2) is 0 Å². The second-order valence-electron chi connectivity index (χ2n) is 7.66. The van der Waals surface area contributed by atoms with Gasteiger partial charge >= 0.3 is 0 Å². The number of fused-ring (bicyclic) bond motifs is 3. The third-order valence-corrected chi connectivity index (χ3v) is 5.39. The molecular formula is C20H26N2O2. The molecule has 4 rings (SSSR count). The molecule has 1 aliphatic heterocycles. The number of aromatic amines is 1. The molecule has 0 bridgehead atoms. The number of hydrogen-bond acceptors (Lipinski definition) is 2. The number of amides is 1. The number of nitrogens with one attached hydrogen (secondary N) is 1. The van der Waals surface area contributed by atoms with Crippen molar-refractivity contribution >= 4 is 16.8 Å². The highest BCUT2D eigenvalue weighted by molar-refractivity contribution is 5.99. The summed E-state index contributed by atoms with van der Waals surface area (Å²) in [4.78, 5) is 18.4. The van der Waals surface area contributed by atoms with E-state index in [1.807, 2.05) is 24.8 Å². The van der Waals surface area contributed by atoms with Gasteiger partial charge in [-0.1, -0.05) is 6.92 Å². The van der Waals surface area contributed by atoms with Crippen LogP contribution in [-0.2, 0) is 17.6 Å². The quantitative estimate of drug-likeness (QED) is 0.871. The maximum atomic E-state index is 12.9. The third-order valence-electron chi connectivity index (χ3n) is 5.39. The van der Waals surface area contributed by atoms with Gasteiger partial charge in [-0.2, -0.15) is 0 Å². The number of nitrogens with zero attached hydrogens (tertiary/aromatic N) is 1. The van der Waals surface area contributed by atoms with E-state index in [4.69, 9.17) is 4.74 Å². The van der Waals surface area contributed by atoms with Crippen molar-refractivity contribution in [3.8, 4) is 0 Å². The molecule has 1 N–H and O–H groups in total. The Morgan fingerprint density at radius 1 is 1.21 bits per heavy atom. The van der Waals surface area contributed by atoms with Crippen molar-refractivity contribution in [1.29, 1.82) is 0 Å². The zero-order valence-electron chi connectivity index (χ0n) is 14.8. The van der Waals surface area contributed by atoms with Crippen LogP contribution < -0.4 is 0 Å². The van der Waals surface area contributed by atoms with Gasteiger partial charge in [0.15, 0.2) is 0 Å². The molecule has 128 valence electrons. The van der Waals surface area contributed by atoms with Gasteiger partial charge in [0.1, 0.15) is 0 Å². The first-order valence-electron chi connectivity index (χ1n) is 9.09. The summed E-state index contributed by atoms with van der Waals surface area (Å²) in [5, 5.41) is 1.23. The van der Waals surface area contributed by atoms with Crippen molar-refractivity contribution in [2.24, 2.45) is 5.92 Å². The Morgan fingerprint density at radius 3 is 2.71 bits per heavy atom. The third kappa shape index (κ3) is 2.73. The van der Waals surface area contributed by atoms with Crippen molar-refractivity contribution in [1.82, 2.24) is 9.88 Å². The number of H-pyrrole nitrogens is 1. The molecule has 0 spiro atoms. The van der Waals surface area contributed by atoms with E-state index in [2.05, 4.69) is 24.0 Å². The topological polar surface area (TPSA) is 45.3 Å². The summed E-state index contributed by atoms with van der Waals surface area (Å²) in [6.45, 7) is 7.71. The van der Waals surface area contributed by atoms with Crippen LogP contribution >= 0.6 is 0 Å². The van der Waals surface area contributed by atoms with Gasteiger partial charge in [0, 0.05) is 35.2 Å². The molecule has 4 nitrogen and oxygen atoms in total. The Bertz CT molecular complexity index is 769. The van der Waals surface area contributed by atoms with Gasteiger partial charge in [-0.15, -0.1) is 0 Å². The predicted molar refractivity (Wildman–Crippen MR) is 95.4 cm³/mol. The maximum Gasteiger partial charge on any atom is 0.254 e. The highest BCUT2D eigenvalue weighted by Crippen LogP contribution is 2.32. The Labute approximate surface area is 143 Å². The molecule has 1 amide bonds. The molecular weight excluding hydrogens is 300 g/mol. The van der Waals surface area contributed by atoms with Crippen LogP contribution in [0.25, 0.3) is 10.9 Å². The molecule has 0 saturated carbocycles. The normalized spacial score (nSPS) is 27.3. The summed E-state index contributed by atoms with van der Waals surface area (Å²) in [6.07, 6.45) is 3.67. The van der Waals surface area contributed by atoms with Crippen molar-refractivity contribution in [3.63, 3.8) is 0 Å². The highest BCUT2D eigenvalue weighted by atomic mass is 16.5. The first-order valence-corrected chi connectivity index (χ1v) is 9.09. The molecule has 1 fully saturated rings. The van der Waals surface area contributed by atoms with Crippen molar-refractivity contribution < 1.29 is 9.53 Å². The molecule has 2 heterocycles. The van der Waals surface area contributed by atoms with E-state index < -0.39 is 0 Å². The molecule has 1 aromatic carbocycles. The SMILES string of the molecule is CC1CCc2[nH]c3ccc(C(=O)N4CC(C)OC(C)C4)cc3c2C1. The number of rotatable bonds is 1. The largest absolute Gasteiger partial charge is 0.372 e. The van der Waals surface area contributed by atoms with Crippen LogP contribution in [0.15, 0.2) is 18.2 Å². The number of morpholine rings is 1. The molecule has 3 unspecified atom stereocenters. The van der Waals surface area contributed by atoms with Crippen LogP contribution in [0.5, 0.6) is 0 Å². The van der Waals surface area contributed by atoms with E-state index in [9.17, 15) is 4.79 Å². The molecule has 1 saturated heterocycles. The number of carbonyl (C=O) groups excluding carboxylic acids is 1. The Hall–Kier alpha value is -1.81. The summed E-state index contributed by atoms with van der Waals surface area (Å²) >= 11 is 0. The Kier molecular flexibility index (Phi) is 3.87. The molecule has 1 aromatic heterocycles. The number of benzene rings is 1. The molecule has 4 heteroatoms. The van der Waals surface area contributed by atoms with Gasteiger partial charge in [0.05, 0.1) is 12.2 Å². The predicted octanol–water partition coefficient (Wildman–Crippen LogP) is 3.54. The van der Waals surface area contributed by atoms with Crippen LogP contribution in [-0.4, -0.2) is 41.1 Å². The van der Waals surface area contributed by atoms with Crippen LogP contribution in [0.2, 0.25) is 0 Å². The lowest BCUT2D eigenvalue weighted by Gasteiger charge is -2.35. The number of aryl methyl sites for hydroxylation is 1. The van der Waals surface area contributed by atoms with Crippen LogP contribution in [0, 0.1) is 5.92 Å². The summed E-state index contributed by atoms with van der Waals surface area (Å²) in [6, 6.07) is 6.12. The minimum Gasteiger partial charge on any atom is -0.372 e. The fraction of sp³-hybridized carbons (Fsp3) is 0.550.